The summed E-state index contributed by atoms with van der Waals surface area (Å²) >= 11 is 0. The number of piperidine rings is 1. The van der Waals surface area contributed by atoms with Crippen LogP contribution in [0.15, 0.2) is 0 Å². The molecule has 15 heavy (non-hydrogen) atoms. The molecule has 0 radical (unpaired) electrons. The van der Waals surface area contributed by atoms with Crippen molar-refractivity contribution in [3.8, 4) is 0 Å². The molecule has 1 heteroatoms. The van der Waals surface area contributed by atoms with Gasteiger partial charge in [-0.05, 0) is 38.8 Å². The third-order valence-electron chi connectivity index (χ3n) is 3.15. The zero-order chi connectivity index (χ0) is 11.5. The van der Waals surface area contributed by atoms with Crippen LogP contribution in [0.2, 0.25) is 0 Å². The Morgan fingerprint density at radius 2 is 1.33 bits per heavy atom. The first-order chi connectivity index (χ1) is 7.38. The van der Waals surface area contributed by atoms with Gasteiger partial charge in [0.05, 0.1) is 0 Å². The molecule has 0 aromatic heterocycles. The van der Waals surface area contributed by atoms with Crippen molar-refractivity contribution >= 4 is 0 Å². The van der Waals surface area contributed by atoms with Crippen LogP contribution in [0.25, 0.3) is 0 Å². The van der Waals surface area contributed by atoms with Crippen molar-refractivity contribution in [3.63, 3.8) is 0 Å². The Hall–Kier alpha value is -0.0400. The molecule has 1 fully saturated rings. The summed E-state index contributed by atoms with van der Waals surface area (Å²) in [7, 11) is 0. The van der Waals surface area contributed by atoms with Gasteiger partial charge >= 0.3 is 0 Å². The lowest BCUT2D eigenvalue weighted by Crippen LogP contribution is -2.39. The second-order valence-corrected chi connectivity index (χ2v) is 4.33. The van der Waals surface area contributed by atoms with Gasteiger partial charge in [0.25, 0.3) is 0 Å². The summed E-state index contributed by atoms with van der Waals surface area (Å²) in [5, 5.41) is 0. The summed E-state index contributed by atoms with van der Waals surface area (Å²) < 4.78 is 0. The van der Waals surface area contributed by atoms with E-state index in [2.05, 4.69) is 18.7 Å². The Labute approximate surface area is 97.2 Å². The normalized spacial score (nSPS) is 17.4. The maximum Gasteiger partial charge on any atom is 0.00950 e. The van der Waals surface area contributed by atoms with Crippen LogP contribution >= 0.6 is 0 Å². The molecule has 1 heterocycles. The largest absolute Gasteiger partial charge is 0.300 e. The zero-order valence-corrected chi connectivity index (χ0v) is 11.4. The van der Waals surface area contributed by atoms with Crippen LogP contribution in [-0.2, 0) is 0 Å². The van der Waals surface area contributed by atoms with Gasteiger partial charge in [-0.15, -0.1) is 0 Å². The molecule has 92 valence electrons. The Kier molecular flexibility index (Phi) is 10.4. The fraction of sp³-hybridized carbons (Fsp3) is 1.00. The van der Waals surface area contributed by atoms with Crippen LogP contribution in [0.1, 0.15) is 72.6 Å². The minimum absolute atomic E-state index is 0.898. The van der Waals surface area contributed by atoms with Crippen molar-refractivity contribution < 1.29 is 0 Å². The van der Waals surface area contributed by atoms with Crippen molar-refractivity contribution in [2.45, 2.75) is 78.7 Å². The predicted octanol–water partition coefficient (Wildman–Crippen LogP) is 4.47. The Morgan fingerprint density at radius 3 is 1.73 bits per heavy atom. The highest BCUT2D eigenvalue weighted by Gasteiger charge is 2.18. The molecule has 0 atom stereocenters. The molecule has 1 aliphatic rings. The maximum absolute atomic E-state index is 2.73. The first-order valence-corrected chi connectivity index (χ1v) is 7.12. The molecule has 0 aromatic rings. The molecule has 1 rings (SSSR count). The van der Waals surface area contributed by atoms with E-state index in [0.717, 1.165) is 6.04 Å². The van der Waals surface area contributed by atoms with Crippen molar-refractivity contribution in [1.82, 2.24) is 4.90 Å². The first-order valence-electron chi connectivity index (χ1n) is 7.12. The second kappa shape index (κ2) is 10.5. The second-order valence-electron chi connectivity index (χ2n) is 4.33. The molecule has 1 saturated heterocycles. The van der Waals surface area contributed by atoms with Crippen LogP contribution in [-0.4, -0.2) is 24.0 Å². The third kappa shape index (κ3) is 6.19. The van der Waals surface area contributed by atoms with E-state index < -0.39 is 0 Å². The first kappa shape index (κ1) is 15.0. The van der Waals surface area contributed by atoms with Gasteiger partial charge in [0.15, 0.2) is 0 Å². The highest BCUT2D eigenvalue weighted by Crippen LogP contribution is 2.18. The molecule has 0 bridgehead atoms. The topological polar surface area (TPSA) is 3.24 Å². The lowest BCUT2D eigenvalue weighted by atomic mass is 10.0. The number of likely N-dealkylation sites (tertiary alicyclic amines) is 1. The van der Waals surface area contributed by atoms with Gasteiger partial charge in [-0.25, -0.2) is 0 Å². The average Bonchev–Trinajstić information content (AvgIpc) is 2.33. The summed E-state index contributed by atoms with van der Waals surface area (Å²) in [6, 6.07) is 0.898. The van der Waals surface area contributed by atoms with Gasteiger partial charge in [0.1, 0.15) is 0 Å². The maximum atomic E-state index is 2.73. The van der Waals surface area contributed by atoms with Gasteiger partial charge in [-0.3, -0.25) is 0 Å². The monoisotopic (exact) mass is 213 g/mol. The molecule has 0 aromatic carbocycles. The minimum atomic E-state index is 0.898. The fourth-order valence-electron chi connectivity index (χ4n) is 2.46. The highest BCUT2D eigenvalue weighted by atomic mass is 15.2. The molecule has 0 spiro atoms. The van der Waals surface area contributed by atoms with E-state index in [1.165, 1.54) is 58.0 Å². The van der Waals surface area contributed by atoms with E-state index in [0.29, 0.717) is 0 Å². The number of rotatable bonds is 5. The van der Waals surface area contributed by atoms with Gasteiger partial charge in [-0.2, -0.15) is 0 Å². The fourth-order valence-corrected chi connectivity index (χ4v) is 2.46. The van der Waals surface area contributed by atoms with Crippen LogP contribution < -0.4 is 0 Å². The predicted molar refractivity (Wildman–Crippen MR) is 70.4 cm³/mol. The van der Waals surface area contributed by atoms with Crippen LogP contribution in [0.3, 0.4) is 0 Å². The average molecular weight is 213 g/mol. The van der Waals surface area contributed by atoms with Crippen molar-refractivity contribution in [1.29, 1.82) is 0 Å². The summed E-state index contributed by atoms with van der Waals surface area (Å²) in [5.41, 5.74) is 0. The van der Waals surface area contributed by atoms with E-state index in [1.807, 2.05) is 13.8 Å². The van der Waals surface area contributed by atoms with Crippen LogP contribution in [0.4, 0.5) is 0 Å². The standard InChI is InChI=1S/C12H25N.C2H6/c1-3-8-12(9-4-2)13-10-6-5-7-11-13;1-2/h12H,3-11H2,1-2H3;1-2H3. The Morgan fingerprint density at radius 1 is 0.867 bits per heavy atom. The number of nitrogens with zero attached hydrogens (tertiary/aromatic N) is 1. The van der Waals surface area contributed by atoms with E-state index in [-0.39, 0.29) is 0 Å². The molecule has 1 aliphatic heterocycles. The molecule has 0 N–H and O–H groups in total. The Bertz CT molecular complexity index is 111. The molecule has 1 nitrogen and oxygen atoms in total. The van der Waals surface area contributed by atoms with Gasteiger partial charge in [0.2, 0.25) is 0 Å². The van der Waals surface area contributed by atoms with E-state index in [4.69, 9.17) is 0 Å². The summed E-state index contributed by atoms with van der Waals surface area (Å²) in [5.74, 6) is 0. The lowest BCUT2D eigenvalue weighted by molar-refractivity contribution is 0.146. The molecule has 0 saturated carbocycles. The van der Waals surface area contributed by atoms with Crippen molar-refractivity contribution in [2.75, 3.05) is 13.1 Å². The smallest absolute Gasteiger partial charge is 0.00950 e. The number of hydrogen-bond donors (Lipinski definition) is 0. The summed E-state index contributed by atoms with van der Waals surface area (Å²) in [6.45, 7) is 11.4. The summed E-state index contributed by atoms with van der Waals surface area (Å²) in [6.07, 6.45) is 9.85. The van der Waals surface area contributed by atoms with Gasteiger partial charge < -0.3 is 4.90 Å². The quantitative estimate of drug-likeness (QED) is 0.651. The van der Waals surface area contributed by atoms with Gasteiger partial charge in [0, 0.05) is 6.04 Å². The molecular formula is C14H31N. The van der Waals surface area contributed by atoms with Crippen molar-refractivity contribution in [2.24, 2.45) is 0 Å². The van der Waals surface area contributed by atoms with Crippen molar-refractivity contribution in [3.05, 3.63) is 0 Å². The Balaban J connectivity index is 0.000000921. The van der Waals surface area contributed by atoms with E-state index in [9.17, 15) is 0 Å². The molecule has 0 unspecified atom stereocenters. The lowest BCUT2D eigenvalue weighted by Gasteiger charge is -2.34. The summed E-state index contributed by atoms with van der Waals surface area (Å²) in [4.78, 5) is 2.73. The highest BCUT2D eigenvalue weighted by molar-refractivity contribution is 4.74. The van der Waals surface area contributed by atoms with Gasteiger partial charge in [-0.1, -0.05) is 47.0 Å². The SMILES string of the molecule is CC.CCCC(CCC)N1CCCCC1. The molecular weight excluding hydrogens is 182 g/mol. The third-order valence-corrected chi connectivity index (χ3v) is 3.15. The zero-order valence-electron chi connectivity index (χ0n) is 11.4. The van der Waals surface area contributed by atoms with Crippen LogP contribution in [0.5, 0.6) is 0 Å². The molecule has 0 aliphatic carbocycles. The van der Waals surface area contributed by atoms with E-state index >= 15 is 0 Å². The molecule has 0 amide bonds. The minimum Gasteiger partial charge on any atom is -0.300 e. The van der Waals surface area contributed by atoms with E-state index in [1.54, 1.807) is 0 Å². The number of hydrogen-bond acceptors (Lipinski definition) is 1. The van der Waals surface area contributed by atoms with Crippen LogP contribution in [0, 0.1) is 0 Å².